The molecular weight excluding hydrogens is 424 g/mol. The predicted octanol–water partition coefficient (Wildman–Crippen LogP) is 3.03. The van der Waals surface area contributed by atoms with Gasteiger partial charge in [-0.2, -0.15) is 0 Å². The zero-order valence-corrected chi connectivity index (χ0v) is 17.2. The van der Waals surface area contributed by atoms with Crippen molar-refractivity contribution < 1.29 is 18.4 Å². The van der Waals surface area contributed by atoms with Crippen molar-refractivity contribution in [2.75, 3.05) is 31.5 Å². The third-order valence-electron chi connectivity index (χ3n) is 4.89. The van der Waals surface area contributed by atoms with Crippen LogP contribution in [0.4, 0.5) is 14.5 Å². The molecule has 0 radical (unpaired) electrons. The van der Waals surface area contributed by atoms with E-state index in [1.807, 2.05) is 0 Å². The Balaban J connectivity index is 1.30. The first-order valence-electron chi connectivity index (χ1n) is 9.65. The fourth-order valence-electron chi connectivity index (χ4n) is 3.23. The van der Waals surface area contributed by atoms with Crippen LogP contribution in [0, 0.1) is 11.6 Å². The molecular formula is C21H19F2N5O2S. The topological polar surface area (TPSA) is 78.4 Å². The van der Waals surface area contributed by atoms with Gasteiger partial charge in [-0.05, 0) is 36.4 Å². The number of aromatic nitrogens is 2. The molecule has 1 aromatic heterocycles. The van der Waals surface area contributed by atoms with Gasteiger partial charge in [-0.25, -0.2) is 8.78 Å². The van der Waals surface area contributed by atoms with E-state index in [-0.39, 0.29) is 22.3 Å². The fraction of sp³-hybridized carbons (Fsp3) is 0.238. The van der Waals surface area contributed by atoms with Crippen LogP contribution in [0.15, 0.2) is 48.5 Å². The predicted molar refractivity (Wildman–Crippen MR) is 112 cm³/mol. The minimum atomic E-state index is -0.518. The number of hydrogen-bond acceptors (Lipinski definition) is 6. The smallest absolute Gasteiger partial charge is 0.286 e. The van der Waals surface area contributed by atoms with E-state index in [0.717, 1.165) is 0 Å². The number of carbonyl (C=O) groups is 2. The number of piperazine rings is 1. The lowest BCUT2D eigenvalue weighted by molar-refractivity contribution is 0.0623. The number of nitrogens with one attached hydrogen (secondary N) is 1. The average Bonchev–Trinajstić information content (AvgIpc) is 3.24. The van der Waals surface area contributed by atoms with Gasteiger partial charge in [0.1, 0.15) is 16.6 Å². The van der Waals surface area contributed by atoms with Crippen LogP contribution in [-0.2, 0) is 6.54 Å². The first-order chi connectivity index (χ1) is 15.0. The molecule has 0 bridgehead atoms. The largest absolute Gasteiger partial charge is 0.336 e. The molecule has 160 valence electrons. The van der Waals surface area contributed by atoms with E-state index < -0.39 is 11.7 Å². The Kier molecular flexibility index (Phi) is 6.28. The fourth-order valence-corrected chi connectivity index (χ4v) is 4.01. The molecule has 31 heavy (non-hydrogen) atoms. The van der Waals surface area contributed by atoms with E-state index in [9.17, 15) is 18.4 Å². The second kappa shape index (κ2) is 9.27. The highest BCUT2D eigenvalue weighted by atomic mass is 32.1. The molecule has 0 aliphatic carbocycles. The molecule has 2 aromatic carbocycles. The summed E-state index contributed by atoms with van der Waals surface area (Å²) in [4.78, 5) is 28.6. The molecule has 10 heteroatoms. The van der Waals surface area contributed by atoms with Crippen molar-refractivity contribution in [1.82, 2.24) is 20.0 Å². The highest BCUT2D eigenvalue weighted by molar-refractivity contribution is 7.13. The molecule has 1 fully saturated rings. The third kappa shape index (κ3) is 5.09. The molecule has 0 spiro atoms. The number of anilines is 1. The number of rotatable bonds is 5. The number of nitrogens with zero attached hydrogens (tertiary/aromatic N) is 4. The summed E-state index contributed by atoms with van der Waals surface area (Å²) in [6.45, 7) is 2.67. The van der Waals surface area contributed by atoms with E-state index >= 15 is 0 Å². The van der Waals surface area contributed by atoms with Crippen molar-refractivity contribution in [3.63, 3.8) is 0 Å². The molecule has 1 aliphatic rings. The Morgan fingerprint density at radius 3 is 2.39 bits per heavy atom. The molecule has 7 nitrogen and oxygen atoms in total. The second-order valence-corrected chi connectivity index (χ2v) is 8.07. The molecule has 2 amide bonds. The van der Waals surface area contributed by atoms with Gasteiger partial charge in [-0.15, -0.1) is 10.2 Å². The van der Waals surface area contributed by atoms with Crippen molar-refractivity contribution in [3.8, 4) is 0 Å². The van der Waals surface area contributed by atoms with Gasteiger partial charge in [-0.1, -0.05) is 23.5 Å². The highest BCUT2D eigenvalue weighted by Gasteiger charge is 2.25. The van der Waals surface area contributed by atoms with Crippen LogP contribution in [0.3, 0.4) is 0 Å². The number of carbonyl (C=O) groups excluding carboxylic acids is 2. The molecule has 1 saturated heterocycles. The normalized spacial score (nSPS) is 14.5. The van der Waals surface area contributed by atoms with Crippen molar-refractivity contribution in [2.24, 2.45) is 0 Å². The van der Waals surface area contributed by atoms with Crippen LogP contribution in [0.1, 0.15) is 25.2 Å². The maximum Gasteiger partial charge on any atom is 0.286 e. The SMILES string of the molecule is O=C(Nc1ccc(F)cc1)c1nnc(CN2CCN(C(=O)c3ccccc3F)CC2)s1. The van der Waals surface area contributed by atoms with Crippen molar-refractivity contribution in [3.05, 3.63) is 75.7 Å². The molecule has 0 saturated carbocycles. The molecule has 3 aromatic rings. The summed E-state index contributed by atoms with van der Waals surface area (Å²) in [6.07, 6.45) is 0. The molecule has 0 atom stereocenters. The van der Waals surface area contributed by atoms with Crippen LogP contribution in [0.25, 0.3) is 0 Å². The standard InChI is InChI=1S/C21H19F2N5O2S/c22-14-5-7-15(8-6-14)24-19(29)20-26-25-18(31-20)13-27-9-11-28(12-10-27)21(30)16-3-1-2-4-17(16)23/h1-8H,9-13H2,(H,24,29). The Morgan fingerprint density at radius 2 is 1.68 bits per heavy atom. The second-order valence-electron chi connectivity index (χ2n) is 7.01. The first-order valence-corrected chi connectivity index (χ1v) is 10.5. The zero-order chi connectivity index (χ0) is 21.8. The Hall–Kier alpha value is -3.24. The van der Waals surface area contributed by atoms with Gasteiger partial charge < -0.3 is 10.2 Å². The van der Waals surface area contributed by atoms with Gasteiger partial charge >= 0.3 is 0 Å². The van der Waals surface area contributed by atoms with E-state index in [2.05, 4.69) is 20.4 Å². The van der Waals surface area contributed by atoms with E-state index in [1.165, 1.54) is 47.7 Å². The van der Waals surface area contributed by atoms with Crippen LogP contribution in [0.5, 0.6) is 0 Å². The number of amides is 2. The van der Waals surface area contributed by atoms with Gasteiger partial charge in [0.05, 0.1) is 12.1 Å². The van der Waals surface area contributed by atoms with Crippen molar-refractivity contribution in [2.45, 2.75) is 6.54 Å². The monoisotopic (exact) mass is 443 g/mol. The molecule has 1 N–H and O–H groups in total. The van der Waals surface area contributed by atoms with E-state index in [1.54, 1.807) is 17.0 Å². The maximum atomic E-state index is 13.9. The number of hydrogen-bond donors (Lipinski definition) is 1. The zero-order valence-electron chi connectivity index (χ0n) is 16.4. The Morgan fingerprint density at radius 1 is 0.968 bits per heavy atom. The summed E-state index contributed by atoms with van der Waals surface area (Å²) in [5.74, 6) is -1.62. The van der Waals surface area contributed by atoms with Crippen molar-refractivity contribution in [1.29, 1.82) is 0 Å². The molecule has 2 heterocycles. The summed E-state index contributed by atoms with van der Waals surface area (Å²) in [6, 6.07) is 11.4. The van der Waals surface area contributed by atoms with Gasteiger partial charge in [0, 0.05) is 31.9 Å². The number of halogens is 2. The van der Waals surface area contributed by atoms with Gasteiger partial charge in [0.15, 0.2) is 0 Å². The maximum absolute atomic E-state index is 13.9. The summed E-state index contributed by atoms with van der Waals surface area (Å²) in [7, 11) is 0. The molecule has 0 unspecified atom stereocenters. The summed E-state index contributed by atoms with van der Waals surface area (Å²) < 4.78 is 26.8. The highest BCUT2D eigenvalue weighted by Crippen LogP contribution is 2.17. The van der Waals surface area contributed by atoms with Crippen LogP contribution in [-0.4, -0.2) is 58.0 Å². The Labute approximate surface area is 181 Å². The molecule has 4 rings (SSSR count). The lowest BCUT2D eigenvalue weighted by Crippen LogP contribution is -2.48. The van der Waals surface area contributed by atoms with E-state index in [4.69, 9.17) is 0 Å². The molecule has 1 aliphatic heterocycles. The van der Waals surface area contributed by atoms with Gasteiger partial charge in [0.25, 0.3) is 11.8 Å². The minimum absolute atomic E-state index is 0.0804. The first kappa shape index (κ1) is 21.0. The summed E-state index contributed by atoms with van der Waals surface area (Å²) in [5, 5.41) is 11.6. The van der Waals surface area contributed by atoms with Crippen molar-refractivity contribution >= 4 is 28.8 Å². The quantitative estimate of drug-likeness (QED) is 0.656. The lowest BCUT2D eigenvalue weighted by atomic mass is 10.1. The average molecular weight is 443 g/mol. The number of benzene rings is 2. The Bertz CT molecular complexity index is 1080. The van der Waals surface area contributed by atoms with Gasteiger partial charge in [-0.3, -0.25) is 14.5 Å². The summed E-state index contributed by atoms with van der Waals surface area (Å²) in [5.41, 5.74) is 0.552. The van der Waals surface area contributed by atoms with Gasteiger partial charge in [0.2, 0.25) is 5.01 Å². The lowest BCUT2D eigenvalue weighted by Gasteiger charge is -2.34. The van der Waals surface area contributed by atoms with Crippen LogP contribution in [0.2, 0.25) is 0 Å². The third-order valence-corrected chi connectivity index (χ3v) is 5.79. The van der Waals surface area contributed by atoms with Crippen LogP contribution < -0.4 is 5.32 Å². The summed E-state index contributed by atoms with van der Waals surface area (Å²) >= 11 is 1.18. The van der Waals surface area contributed by atoms with Crippen LogP contribution >= 0.6 is 11.3 Å². The van der Waals surface area contributed by atoms with E-state index in [0.29, 0.717) is 43.4 Å². The minimum Gasteiger partial charge on any atom is -0.336 e.